The van der Waals surface area contributed by atoms with Crippen molar-refractivity contribution in [1.82, 2.24) is 5.32 Å². The molecule has 1 fully saturated rings. The summed E-state index contributed by atoms with van der Waals surface area (Å²) >= 11 is 0. The third-order valence-corrected chi connectivity index (χ3v) is 3.29. The zero-order valence-corrected chi connectivity index (χ0v) is 9.76. The molecule has 0 aromatic carbocycles. The molecule has 0 saturated heterocycles. The van der Waals surface area contributed by atoms with Crippen LogP contribution in [0.1, 0.15) is 25.7 Å². The summed E-state index contributed by atoms with van der Waals surface area (Å²) in [6.07, 6.45) is 2.96. The van der Waals surface area contributed by atoms with Gasteiger partial charge in [-0.1, -0.05) is 0 Å². The minimum atomic E-state index is -0.870. The SMILES string of the molecule is N[C@@H](CO)C(=O)NCC1CCC(C(=O)O)CC1. The Morgan fingerprint density at radius 1 is 1.29 bits per heavy atom. The monoisotopic (exact) mass is 244 g/mol. The minimum Gasteiger partial charge on any atom is -0.481 e. The lowest BCUT2D eigenvalue weighted by atomic mass is 9.82. The van der Waals surface area contributed by atoms with Crippen LogP contribution >= 0.6 is 0 Å². The van der Waals surface area contributed by atoms with Crippen LogP contribution in [0.15, 0.2) is 0 Å². The van der Waals surface area contributed by atoms with Gasteiger partial charge in [-0.15, -0.1) is 0 Å². The molecule has 0 aromatic rings. The second-order valence-electron chi connectivity index (χ2n) is 4.59. The van der Waals surface area contributed by atoms with Crippen LogP contribution in [0, 0.1) is 11.8 Å². The first-order valence-corrected chi connectivity index (χ1v) is 5.91. The van der Waals surface area contributed by atoms with E-state index >= 15 is 0 Å². The maximum Gasteiger partial charge on any atom is 0.306 e. The number of amides is 1. The van der Waals surface area contributed by atoms with Crippen molar-refractivity contribution < 1.29 is 19.8 Å². The summed E-state index contributed by atoms with van der Waals surface area (Å²) in [5, 5.41) is 20.2. The molecular formula is C11H20N2O4. The van der Waals surface area contributed by atoms with Crippen LogP contribution in [-0.2, 0) is 9.59 Å². The maximum atomic E-state index is 11.3. The second kappa shape index (κ2) is 6.56. The van der Waals surface area contributed by atoms with Crippen molar-refractivity contribution in [1.29, 1.82) is 0 Å². The van der Waals surface area contributed by atoms with Gasteiger partial charge in [0, 0.05) is 6.54 Å². The zero-order chi connectivity index (χ0) is 12.8. The molecule has 0 aliphatic heterocycles. The van der Waals surface area contributed by atoms with E-state index in [-0.39, 0.29) is 18.4 Å². The van der Waals surface area contributed by atoms with E-state index in [9.17, 15) is 9.59 Å². The average molecular weight is 244 g/mol. The number of hydrogen-bond acceptors (Lipinski definition) is 4. The van der Waals surface area contributed by atoms with E-state index in [1.54, 1.807) is 0 Å². The van der Waals surface area contributed by atoms with Crippen LogP contribution in [0.2, 0.25) is 0 Å². The number of carboxylic acids is 1. The standard InChI is InChI=1S/C11H20N2O4/c12-9(6-14)10(15)13-5-7-1-3-8(4-2-7)11(16)17/h7-9,14H,1-6,12H2,(H,13,15)(H,16,17)/t7?,8?,9-/m0/s1. The summed E-state index contributed by atoms with van der Waals surface area (Å²) in [5.74, 6) is -0.996. The predicted molar refractivity (Wildman–Crippen MR) is 61.2 cm³/mol. The van der Waals surface area contributed by atoms with Crippen molar-refractivity contribution in [2.75, 3.05) is 13.2 Å². The molecule has 1 aliphatic carbocycles. The van der Waals surface area contributed by atoms with Crippen LogP contribution in [0.3, 0.4) is 0 Å². The van der Waals surface area contributed by atoms with E-state index in [1.807, 2.05) is 0 Å². The summed E-state index contributed by atoms with van der Waals surface area (Å²) in [6.45, 7) is 0.149. The Bertz CT molecular complexity index is 275. The van der Waals surface area contributed by atoms with Crippen molar-refractivity contribution in [2.24, 2.45) is 17.6 Å². The van der Waals surface area contributed by atoms with Gasteiger partial charge in [0.25, 0.3) is 0 Å². The predicted octanol–water partition coefficient (Wildman–Crippen LogP) is -0.687. The Kier molecular flexibility index (Phi) is 5.37. The fourth-order valence-electron chi connectivity index (χ4n) is 2.07. The molecule has 6 heteroatoms. The Morgan fingerprint density at radius 2 is 1.88 bits per heavy atom. The first kappa shape index (κ1) is 13.9. The summed E-state index contributed by atoms with van der Waals surface area (Å²) in [4.78, 5) is 22.0. The van der Waals surface area contributed by atoms with Gasteiger partial charge in [0.1, 0.15) is 6.04 Å². The molecule has 0 spiro atoms. The molecular weight excluding hydrogens is 224 g/mol. The van der Waals surface area contributed by atoms with Gasteiger partial charge < -0.3 is 21.3 Å². The largest absolute Gasteiger partial charge is 0.481 e. The number of hydrogen-bond donors (Lipinski definition) is 4. The van der Waals surface area contributed by atoms with Crippen molar-refractivity contribution in [3.63, 3.8) is 0 Å². The first-order chi connectivity index (χ1) is 8.04. The Balaban J connectivity index is 2.22. The molecule has 17 heavy (non-hydrogen) atoms. The normalized spacial score (nSPS) is 26.2. The summed E-state index contributed by atoms with van der Waals surface area (Å²) in [7, 11) is 0. The van der Waals surface area contributed by atoms with Crippen molar-refractivity contribution in [3.05, 3.63) is 0 Å². The third kappa shape index (κ3) is 4.32. The number of aliphatic carboxylic acids is 1. The number of aliphatic hydroxyl groups is 1. The van der Waals surface area contributed by atoms with E-state index in [0.717, 1.165) is 12.8 Å². The topological polar surface area (TPSA) is 113 Å². The van der Waals surface area contributed by atoms with E-state index < -0.39 is 12.0 Å². The van der Waals surface area contributed by atoms with E-state index in [2.05, 4.69) is 5.32 Å². The number of carbonyl (C=O) groups is 2. The van der Waals surface area contributed by atoms with Gasteiger partial charge in [0.15, 0.2) is 0 Å². The Morgan fingerprint density at radius 3 is 2.35 bits per heavy atom. The zero-order valence-electron chi connectivity index (χ0n) is 9.76. The van der Waals surface area contributed by atoms with Gasteiger partial charge in [0.2, 0.25) is 5.91 Å². The smallest absolute Gasteiger partial charge is 0.306 e. The molecule has 0 unspecified atom stereocenters. The molecule has 98 valence electrons. The van der Waals surface area contributed by atoms with Crippen LogP contribution in [0.5, 0.6) is 0 Å². The number of nitrogens with one attached hydrogen (secondary N) is 1. The number of aliphatic hydroxyl groups excluding tert-OH is 1. The number of nitrogens with two attached hydrogens (primary N) is 1. The second-order valence-corrected chi connectivity index (χ2v) is 4.59. The fourth-order valence-corrected chi connectivity index (χ4v) is 2.07. The molecule has 1 atom stereocenters. The lowest BCUT2D eigenvalue weighted by Crippen LogP contribution is -2.44. The molecule has 6 nitrogen and oxygen atoms in total. The molecule has 1 saturated carbocycles. The molecule has 1 amide bonds. The number of carbonyl (C=O) groups excluding carboxylic acids is 1. The van der Waals surface area contributed by atoms with Crippen molar-refractivity contribution >= 4 is 11.9 Å². The van der Waals surface area contributed by atoms with Crippen LogP contribution in [0.4, 0.5) is 0 Å². The summed E-state index contributed by atoms with van der Waals surface area (Å²) < 4.78 is 0. The van der Waals surface area contributed by atoms with Gasteiger partial charge in [-0.05, 0) is 31.6 Å². The highest BCUT2D eigenvalue weighted by atomic mass is 16.4. The van der Waals surface area contributed by atoms with Crippen LogP contribution < -0.4 is 11.1 Å². The summed E-state index contributed by atoms with van der Waals surface area (Å²) in [6, 6.07) is -0.870. The fraction of sp³-hybridized carbons (Fsp3) is 0.818. The third-order valence-electron chi connectivity index (χ3n) is 3.29. The van der Waals surface area contributed by atoms with Gasteiger partial charge in [0.05, 0.1) is 12.5 Å². The molecule has 0 radical (unpaired) electrons. The van der Waals surface area contributed by atoms with Gasteiger partial charge in [-0.3, -0.25) is 9.59 Å². The van der Waals surface area contributed by atoms with Gasteiger partial charge in [-0.25, -0.2) is 0 Å². The number of carboxylic acid groups (broad SMARTS) is 1. The van der Waals surface area contributed by atoms with E-state index in [4.69, 9.17) is 15.9 Å². The lowest BCUT2D eigenvalue weighted by Gasteiger charge is -2.26. The Hall–Kier alpha value is -1.14. The minimum absolute atomic E-state index is 0.235. The van der Waals surface area contributed by atoms with Crippen LogP contribution in [0.25, 0.3) is 0 Å². The first-order valence-electron chi connectivity index (χ1n) is 5.91. The Labute approximate surface area is 100 Å². The maximum absolute atomic E-state index is 11.3. The quantitative estimate of drug-likeness (QED) is 0.511. The van der Waals surface area contributed by atoms with E-state index in [0.29, 0.717) is 25.3 Å². The van der Waals surface area contributed by atoms with Gasteiger partial charge >= 0.3 is 5.97 Å². The molecule has 1 rings (SSSR count). The lowest BCUT2D eigenvalue weighted by molar-refractivity contribution is -0.143. The molecule has 0 bridgehead atoms. The summed E-state index contributed by atoms with van der Waals surface area (Å²) in [5.41, 5.74) is 5.35. The van der Waals surface area contributed by atoms with Crippen molar-refractivity contribution in [3.8, 4) is 0 Å². The molecule has 0 heterocycles. The highest BCUT2D eigenvalue weighted by Crippen LogP contribution is 2.28. The van der Waals surface area contributed by atoms with Crippen molar-refractivity contribution in [2.45, 2.75) is 31.7 Å². The van der Waals surface area contributed by atoms with E-state index in [1.165, 1.54) is 0 Å². The average Bonchev–Trinajstić information content (AvgIpc) is 2.35. The molecule has 0 aromatic heterocycles. The van der Waals surface area contributed by atoms with Gasteiger partial charge in [-0.2, -0.15) is 0 Å². The highest BCUT2D eigenvalue weighted by molar-refractivity contribution is 5.81. The highest BCUT2D eigenvalue weighted by Gasteiger charge is 2.26. The molecule has 5 N–H and O–H groups in total. The molecule has 1 aliphatic rings. The number of rotatable bonds is 5. The van der Waals surface area contributed by atoms with Crippen LogP contribution in [-0.4, -0.2) is 41.3 Å².